The summed E-state index contributed by atoms with van der Waals surface area (Å²) in [6.07, 6.45) is 1.40. The third kappa shape index (κ3) is 3.65. The zero-order valence-corrected chi connectivity index (χ0v) is 21.3. The van der Waals surface area contributed by atoms with Crippen LogP contribution in [0.1, 0.15) is 29.5 Å². The van der Waals surface area contributed by atoms with Gasteiger partial charge in [-0.25, -0.2) is 19.0 Å². The summed E-state index contributed by atoms with van der Waals surface area (Å²) in [5.74, 6) is -3.89. The molecule has 2 atom stereocenters. The molecule has 0 fully saturated rings. The number of urea groups is 1. The third-order valence-electron chi connectivity index (χ3n) is 6.16. The summed E-state index contributed by atoms with van der Waals surface area (Å²) in [6, 6.07) is 8.33. The van der Waals surface area contributed by atoms with Crippen molar-refractivity contribution in [2.45, 2.75) is 17.7 Å². The number of quaternary nitrogens is 1. The van der Waals surface area contributed by atoms with Crippen molar-refractivity contribution in [1.29, 1.82) is 5.26 Å². The maximum absolute atomic E-state index is 15.0. The van der Waals surface area contributed by atoms with E-state index in [1.54, 1.807) is 13.0 Å². The number of carbonyl (C=O) groups is 2. The summed E-state index contributed by atoms with van der Waals surface area (Å²) in [4.78, 5) is 31.0. The zero-order chi connectivity index (χ0) is 27.8. The van der Waals surface area contributed by atoms with Gasteiger partial charge < -0.3 is 19.9 Å². The Labute approximate surface area is 217 Å². The SMILES string of the molecule is CCOc1ncccc1C1C(=O)[N+](C(N)=O)(S(=O)(=O)c2ccc(OC)cc2OC)c2cc(F)c(C#N)cc21. The van der Waals surface area contributed by atoms with Gasteiger partial charge in [0.2, 0.25) is 5.88 Å². The molecule has 4 rings (SSSR count). The number of methoxy groups -OCH3 is 2. The Balaban J connectivity index is 2.13. The Morgan fingerprint density at radius 3 is 2.53 bits per heavy atom. The lowest BCUT2D eigenvalue weighted by molar-refractivity contribution is -0.123. The van der Waals surface area contributed by atoms with Gasteiger partial charge in [0, 0.05) is 29.5 Å². The number of aromatic nitrogens is 1. The number of carbonyl (C=O) groups excluding carboxylic acids is 2. The van der Waals surface area contributed by atoms with Crippen molar-refractivity contribution < 1.29 is 36.6 Å². The lowest BCUT2D eigenvalue weighted by Crippen LogP contribution is -2.63. The number of pyridine rings is 1. The Morgan fingerprint density at radius 2 is 1.92 bits per heavy atom. The number of ether oxygens (including phenoxy) is 3. The fraction of sp³-hybridized carbons (Fsp3) is 0.200. The summed E-state index contributed by atoms with van der Waals surface area (Å²) < 4.78 is 57.4. The van der Waals surface area contributed by atoms with Gasteiger partial charge in [-0.15, -0.1) is 0 Å². The molecule has 0 radical (unpaired) electrons. The van der Waals surface area contributed by atoms with Gasteiger partial charge in [-0.3, -0.25) is 0 Å². The number of amides is 3. The van der Waals surface area contributed by atoms with Crippen LogP contribution >= 0.6 is 0 Å². The van der Waals surface area contributed by atoms with E-state index in [0.717, 1.165) is 12.1 Å². The highest BCUT2D eigenvalue weighted by Gasteiger charge is 2.67. The van der Waals surface area contributed by atoms with Crippen LogP contribution in [-0.2, 0) is 14.8 Å². The normalized spacial score (nSPS) is 18.4. The van der Waals surface area contributed by atoms with E-state index in [2.05, 4.69) is 4.98 Å². The van der Waals surface area contributed by atoms with Crippen molar-refractivity contribution in [3.8, 4) is 23.4 Å². The van der Waals surface area contributed by atoms with E-state index in [1.807, 2.05) is 0 Å². The maximum Gasteiger partial charge on any atom is 0.442 e. The molecule has 1 aliphatic rings. The molecule has 196 valence electrons. The smallest absolute Gasteiger partial charge is 0.442 e. The Morgan fingerprint density at radius 1 is 1.18 bits per heavy atom. The lowest BCUT2D eigenvalue weighted by Gasteiger charge is -2.27. The molecule has 13 heteroatoms. The molecule has 3 aromatic rings. The molecule has 2 aromatic carbocycles. The van der Waals surface area contributed by atoms with Gasteiger partial charge in [-0.05, 0) is 35.1 Å². The van der Waals surface area contributed by atoms with Gasteiger partial charge in [0.15, 0.2) is 10.6 Å². The van der Waals surface area contributed by atoms with Crippen molar-refractivity contribution in [1.82, 2.24) is 8.87 Å². The molecule has 1 aliphatic heterocycles. The number of primary amides is 1. The predicted molar refractivity (Wildman–Crippen MR) is 131 cm³/mol. The number of halogens is 1. The lowest BCUT2D eigenvalue weighted by atomic mass is 9.92. The van der Waals surface area contributed by atoms with Crippen LogP contribution in [0.5, 0.6) is 17.4 Å². The fourth-order valence-corrected chi connectivity index (χ4v) is 6.44. The second-order valence-corrected chi connectivity index (χ2v) is 9.98. The number of hydrogen-bond acceptors (Lipinski definition) is 9. The molecule has 0 saturated carbocycles. The van der Waals surface area contributed by atoms with Crippen LogP contribution in [0, 0.1) is 17.1 Å². The van der Waals surface area contributed by atoms with Crippen LogP contribution in [-0.4, -0.2) is 46.2 Å². The first-order chi connectivity index (χ1) is 18.1. The van der Waals surface area contributed by atoms with Crippen LogP contribution < -0.4 is 23.8 Å². The molecule has 0 spiro atoms. The average molecular weight is 542 g/mol. The van der Waals surface area contributed by atoms with Gasteiger partial charge >= 0.3 is 22.0 Å². The van der Waals surface area contributed by atoms with E-state index in [0.29, 0.717) is 6.07 Å². The Bertz CT molecular complexity index is 1620. The van der Waals surface area contributed by atoms with Crippen LogP contribution in [0.25, 0.3) is 0 Å². The monoisotopic (exact) mass is 541 g/mol. The standard InChI is InChI=1S/C25H21FN4O7S/c1-4-37-23-16(6-5-9-29-23)22-17-10-14(13-27)18(26)12-19(17)30(24(22)31,25(28)32)38(33,34)21-8-7-15(35-2)11-20(21)36-3/h5-12,22H,4H2,1-3H3,(H-,28,32)/p+1. The van der Waals surface area contributed by atoms with Gasteiger partial charge in [0.05, 0.1) is 26.4 Å². The van der Waals surface area contributed by atoms with E-state index >= 15 is 0 Å². The molecule has 3 amide bonds. The second-order valence-electron chi connectivity index (χ2n) is 8.04. The molecule has 2 N–H and O–H groups in total. The molecule has 1 aromatic heterocycles. The number of nitriles is 1. The van der Waals surface area contributed by atoms with Gasteiger partial charge in [-0.1, -0.05) is 6.07 Å². The molecule has 38 heavy (non-hydrogen) atoms. The molecule has 2 heterocycles. The number of benzene rings is 2. The first-order valence-corrected chi connectivity index (χ1v) is 12.6. The van der Waals surface area contributed by atoms with Crippen molar-refractivity contribution in [2.75, 3.05) is 20.8 Å². The van der Waals surface area contributed by atoms with Crippen molar-refractivity contribution >= 4 is 27.6 Å². The van der Waals surface area contributed by atoms with Gasteiger partial charge in [-0.2, -0.15) is 13.7 Å². The van der Waals surface area contributed by atoms with E-state index < -0.39 is 53.7 Å². The third-order valence-corrected chi connectivity index (χ3v) is 8.33. The number of rotatable bonds is 7. The van der Waals surface area contributed by atoms with E-state index in [1.165, 1.54) is 44.7 Å². The molecule has 11 nitrogen and oxygen atoms in total. The van der Waals surface area contributed by atoms with E-state index in [4.69, 9.17) is 19.9 Å². The molecule has 0 saturated heterocycles. The van der Waals surface area contributed by atoms with Crippen molar-refractivity contribution in [3.63, 3.8) is 0 Å². The number of hydrogen-bond donors (Lipinski definition) is 1. The van der Waals surface area contributed by atoms with E-state index in [-0.39, 0.29) is 35.1 Å². The van der Waals surface area contributed by atoms with Crippen LogP contribution in [0.4, 0.5) is 14.9 Å². The van der Waals surface area contributed by atoms with Crippen LogP contribution in [0.3, 0.4) is 0 Å². The number of imide groups is 1. The summed E-state index contributed by atoms with van der Waals surface area (Å²) in [6.45, 7) is 1.83. The minimum Gasteiger partial charge on any atom is -0.497 e. The summed E-state index contributed by atoms with van der Waals surface area (Å²) >= 11 is 0. The van der Waals surface area contributed by atoms with Crippen LogP contribution in [0.2, 0.25) is 0 Å². The molecule has 0 aliphatic carbocycles. The average Bonchev–Trinajstić information content (AvgIpc) is 3.16. The zero-order valence-electron chi connectivity index (χ0n) is 20.5. The van der Waals surface area contributed by atoms with Crippen molar-refractivity contribution in [3.05, 3.63) is 71.2 Å². The quantitative estimate of drug-likeness (QED) is 0.444. The Hall–Kier alpha value is -4.54. The summed E-state index contributed by atoms with van der Waals surface area (Å²) in [7, 11) is -2.57. The maximum atomic E-state index is 15.0. The number of sulfonamides is 1. The molecule has 2 unspecified atom stereocenters. The number of nitrogens with zero attached hydrogens (tertiary/aromatic N) is 3. The number of nitrogens with two attached hydrogens (primary N) is 1. The number of fused-ring (bicyclic) bond motifs is 1. The molecular weight excluding hydrogens is 519 g/mol. The fourth-order valence-electron chi connectivity index (χ4n) is 4.51. The highest BCUT2D eigenvalue weighted by molar-refractivity contribution is 7.92. The molecule has 0 bridgehead atoms. The second kappa shape index (κ2) is 9.73. The minimum absolute atomic E-state index is 0.00831. The topological polar surface area (TPSA) is 159 Å². The minimum atomic E-state index is -5.11. The van der Waals surface area contributed by atoms with Gasteiger partial charge in [0.25, 0.3) is 0 Å². The largest absolute Gasteiger partial charge is 0.497 e. The predicted octanol–water partition coefficient (Wildman–Crippen LogP) is 2.96. The highest BCUT2D eigenvalue weighted by Crippen LogP contribution is 2.52. The molecular formula is C25H22FN4O7S+. The highest BCUT2D eigenvalue weighted by atomic mass is 32.2. The first kappa shape index (κ1) is 26.5. The van der Waals surface area contributed by atoms with Gasteiger partial charge in [0.1, 0.15) is 29.3 Å². The van der Waals surface area contributed by atoms with Crippen LogP contribution in [0.15, 0.2) is 53.6 Å². The van der Waals surface area contributed by atoms with E-state index in [9.17, 15) is 27.7 Å². The Kier molecular flexibility index (Phi) is 6.79. The first-order valence-electron chi connectivity index (χ1n) is 11.1. The summed E-state index contributed by atoms with van der Waals surface area (Å²) in [5.41, 5.74) is 4.66. The summed E-state index contributed by atoms with van der Waals surface area (Å²) in [5, 5.41) is 9.45. The van der Waals surface area contributed by atoms with Crippen molar-refractivity contribution in [2.24, 2.45) is 5.73 Å².